The molecule has 0 radical (unpaired) electrons. The lowest BCUT2D eigenvalue weighted by atomic mass is 9.89. The Morgan fingerprint density at radius 3 is 1.45 bits per heavy atom. The van der Waals surface area contributed by atoms with Gasteiger partial charge in [0.15, 0.2) is 0 Å². The van der Waals surface area contributed by atoms with Crippen LogP contribution in [-0.4, -0.2) is 22.2 Å². The van der Waals surface area contributed by atoms with Gasteiger partial charge in [0.25, 0.3) is 0 Å². The number of hydrogen-bond acceptors (Lipinski definition) is 4. The lowest BCUT2D eigenvalue weighted by molar-refractivity contribution is 0.0650. The minimum absolute atomic E-state index is 0.00420. The first kappa shape index (κ1) is 32.7. The van der Waals surface area contributed by atoms with Crippen molar-refractivity contribution >= 4 is 11.9 Å². The quantitative estimate of drug-likeness (QED) is 0.180. The maximum absolute atomic E-state index is 11.9. The van der Waals surface area contributed by atoms with E-state index in [9.17, 15) is 19.8 Å². The van der Waals surface area contributed by atoms with Gasteiger partial charge in [0, 0.05) is 0 Å². The van der Waals surface area contributed by atoms with Crippen molar-refractivity contribution in [3.63, 3.8) is 0 Å². The van der Waals surface area contributed by atoms with Gasteiger partial charge in [-0.2, -0.15) is 0 Å². The molecule has 1 aromatic carbocycles. The summed E-state index contributed by atoms with van der Waals surface area (Å²) in [5.74, 6) is -2.28. The SMILES string of the molecule is CCCCCCCCc1ccc(C(=O)O)c(C(=O)O)c1CCCCCCCC.c1ccoc1.c1ccoc1. The molecule has 6 heteroatoms. The van der Waals surface area contributed by atoms with Crippen molar-refractivity contribution in [2.45, 2.75) is 104 Å². The normalized spacial score (nSPS) is 10.2. The third-order valence-corrected chi connectivity index (χ3v) is 6.28. The second-order valence-electron chi connectivity index (χ2n) is 9.36. The molecule has 0 aliphatic heterocycles. The zero-order valence-electron chi connectivity index (χ0n) is 23.2. The molecule has 2 aromatic heterocycles. The van der Waals surface area contributed by atoms with Gasteiger partial charge in [0.1, 0.15) is 0 Å². The Labute approximate surface area is 228 Å². The van der Waals surface area contributed by atoms with Crippen LogP contribution in [-0.2, 0) is 12.8 Å². The van der Waals surface area contributed by atoms with Gasteiger partial charge in [0.05, 0.1) is 36.2 Å². The number of furan rings is 2. The molecule has 0 spiro atoms. The third-order valence-electron chi connectivity index (χ3n) is 6.28. The van der Waals surface area contributed by atoms with Gasteiger partial charge in [-0.15, -0.1) is 0 Å². The fraction of sp³-hybridized carbons (Fsp3) is 0.500. The summed E-state index contributed by atoms with van der Waals surface area (Å²) in [6, 6.07) is 10.7. The van der Waals surface area contributed by atoms with Crippen LogP contribution in [0.4, 0.5) is 0 Å². The number of unbranched alkanes of at least 4 members (excludes halogenated alkanes) is 10. The first-order valence-corrected chi connectivity index (χ1v) is 14.1. The molecule has 0 bridgehead atoms. The first-order valence-electron chi connectivity index (χ1n) is 14.1. The number of aryl methyl sites for hydroxylation is 1. The third kappa shape index (κ3) is 14.5. The summed E-state index contributed by atoms with van der Waals surface area (Å²) in [4.78, 5) is 23.4. The molecular weight excluding hydrogens is 480 g/mol. The van der Waals surface area contributed by atoms with Crippen molar-refractivity contribution in [2.75, 3.05) is 0 Å². The van der Waals surface area contributed by atoms with E-state index >= 15 is 0 Å². The number of carboxylic acid groups (broad SMARTS) is 2. The van der Waals surface area contributed by atoms with Crippen molar-refractivity contribution in [1.29, 1.82) is 0 Å². The van der Waals surface area contributed by atoms with Crippen LogP contribution in [0.25, 0.3) is 0 Å². The summed E-state index contributed by atoms with van der Waals surface area (Å²) in [7, 11) is 0. The fourth-order valence-corrected chi connectivity index (χ4v) is 4.26. The van der Waals surface area contributed by atoms with Crippen LogP contribution in [0.15, 0.2) is 70.3 Å². The van der Waals surface area contributed by atoms with Gasteiger partial charge >= 0.3 is 11.9 Å². The van der Waals surface area contributed by atoms with Crippen molar-refractivity contribution in [2.24, 2.45) is 0 Å². The molecule has 0 saturated carbocycles. The molecule has 0 aliphatic carbocycles. The van der Waals surface area contributed by atoms with E-state index in [1.54, 1.807) is 25.1 Å². The molecule has 0 atom stereocenters. The maximum Gasteiger partial charge on any atom is 0.336 e. The summed E-state index contributed by atoms with van der Waals surface area (Å²) in [5.41, 5.74) is 1.69. The van der Waals surface area contributed by atoms with Crippen molar-refractivity contribution < 1.29 is 28.6 Å². The van der Waals surface area contributed by atoms with E-state index in [1.807, 2.05) is 30.3 Å². The predicted octanol–water partition coefficient (Wildman–Crippen LogP) is 9.45. The zero-order chi connectivity index (χ0) is 27.8. The number of aromatic carboxylic acids is 2. The highest BCUT2D eigenvalue weighted by Gasteiger charge is 2.22. The van der Waals surface area contributed by atoms with Crippen molar-refractivity contribution in [3.8, 4) is 0 Å². The number of hydrogen-bond donors (Lipinski definition) is 2. The van der Waals surface area contributed by atoms with E-state index in [2.05, 4.69) is 22.7 Å². The second-order valence-corrected chi connectivity index (χ2v) is 9.36. The van der Waals surface area contributed by atoms with E-state index in [0.29, 0.717) is 6.42 Å². The number of benzene rings is 1. The lowest BCUT2D eigenvalue weighted by Gasteiger charge is -2.15. The highest BCUT2D eigenvalue weighted by molar-refractivity contribution is 6.03. The average Bonchev–Trinajstić information content (AvgIpc) is 3.68. The number of carboxylic acids is 2. The molecule has 0 aliphatic rings. The monoisotopic (exact) mass is 526 g/mol. The van der Waals surface area contributed by atoms with Crippen LogP contribution in [0, 0.1) is 0 Å². The van der Waals surface area contributed by atoms with Crippen molar-refractivity contribution in [3.05, 3.63) is 83.7 Å². The first-order chi connectivity index (χ1) is 18.5. The van der Waals surface area contributed by atoms with E-state index in [-0.39, 0.29) is 11.1 Å². The highest BCUT2D eigenvalue weighted by atomic mass is 16.4. The van der Waals surface area contributed by atoms with E-state index in [4.69, 9.17) is 0 Å². The van der Waals surface area contributed by atoms with Crippen molar-refractivity contribution in [1.82, 2.24) is 0 Å². The number of carbonyl (C=O) groups is 2. The van der Waals surface area contributed by atoms with Crippen LogP contribution in [0.5, 0.6) is 0 Å². The van der Waals surface area contributed by atoms with Crippen LogP contribution in [0.2, 0.25) is 0 Å². The van der Waals surface area contributed by atoms with E-state index < -0.39 is 11.9 Å². The Hall–Kier alpha value is -3.28. The van der Waals surface area contributed by atoms with Gasteiger partial charge < -0.3 is 19.0 Å². The molecule has 3 rings (SSSR count). The lowest BCUT2D eigenvalue weighted by Crippen LogP contribution is -2.14. The zero-order valence-corrected chi connectivity index (χ0v) is 23.2. The molecule has 0 fully saturated rings. The Kier molecular flexibility index (Phi) is 18.8. The van der Waals surface area contributed by atoms with Gasteiger partial charge in [-0.05, 0) is 67.1 Å². The molecule has 3 aromatic rings. The number of rotatable bonds is 16. The minimum Gasteiger partial charge on any atom is -0.478 e. The average molecular weight is 527 g/mol. The second kappa shape index (κ2) is 21.8. The summed E-state index contributed by atoms with van der Waals surface area (Å²) in [5, 5.41) is 19.1. The molecule has 0 unspecified atom stereocenters. The Morgan fingerprint density at radius 2 is 1.05 bits per heavy atom. The van der Waals surface area contributed by atoms with Crippen LogP contribution in [0.3, 0.4) is 0 Å². The molecule has 38 heavy (non-hydrogen) atoms. The van der Waals surface area contributed by atoms with Crippen LogP contribution >= 0.6 is 0 Å². The van der Waals surface area contributed by atoms with Gasteiger partial charge in [-0.1, -0.05) is 84.1 Å². The van der Waals surface area contributed by atoms with E-state index in [0.717, 1.165) is 49.7 Å². The van der Waals surface area contributed by atoms with Crippen LogP contribution in [0.1, 0.15) is 123 Å². The molecule has 0 amide bonds. The molecular formula is C32H46O6. The van der Waals surface area contributed by atoms with Gasteiger partial charge in [0.2, 0.25) is 0 Å². The Bertz CT molecular complexity index is 900. The summed E-state index contributed by atoms with van der Waals surface area (Å²) in [6.07, 6.45) is 21.9. The molecule has 2 N–H and O–H groups in total. The summed E-state index contributed by atoms with van der Waals surface area (Å²) >= 11 is 0. The topological polar surface area (TPSA) is 101 Å². The Morgan fingerprint density at radius 1 is 0.605 bits per heavy atom. The fourth-order valence-electron chi connectivity index (χ4n) is 4.26. The minimum atomic E-state index is -1.16. The highest BCUT2D eigenvalue weighted by Crippen LogP contribution is 2.25. The summed E-state index contributed by atoms with van der Waals surface area (Å²) < 4.78 is 9.17. The molecule has 6 nitrogen and oxygen atoms in total. The summed E-state index contributed by atoms with van der Waals surface area (Å²) in [6.45, 7) is 4.39. The molecule has 0 saturated heterocycles. The Balaban J connectivity index is 0.000000590. The maximum atomic E-state index is 11.9. The van der Waals surface area contributed by atoms with Crippen LogP contribution < -0.4 is 0 Å². The smallest absolute Gasteiger partial charge is 0.336 e. The molecule has 2 heterocycles. The standard InChI is InChI=1S/C24H38O4.2C4H4O/c1-3-5-7-9-11-13-15-19-17-18-21(23(25)26)22(24(27)28)20(19)16-14-12-10-8-6-4-2;2*1-2-4-5-3-1/h17-18H,3-16H2,1-2H3,(H,25,26)(H,27,28);2*1-4H. The molecule has 210 valence electrons. The van der Waals surface area contributed by atoms with E-state index in [1.165, 1.54) is 51.0 Å². The van der Waals surface area contributed by atoms with Gasteiger partial charge in [-0.3, -0.25) is 0 Å². The van der Waals surface area contributed by atoms with Gasteiger partial charge in [-0.25, -0.2) is 9.59 Å². The predicted molar refractivity (Wildman–Crippen MR) is 152 cm³/mol. The largest absolute Gasteiger partial charge is 0.478 e.